The molecule has 1 heteroatoms. The van der Waals surface area contributed by atoms with E-state index in [9.17, 15) is 0 Å². The zero-order valence-electron chi connectivity index (χ0n) is 8.95. The van der Waals surface area contributed by atoms with E-state index in [-0.39, 0.29) is 19.5 Å². The van der Waals surface area contributed by atoms with E-state index in [0.717, 1.165) is 0 Å². The van der Waals surface area contributed by atoms with E-state index in [0.29, 0.717) is 0 Å². The van der Waals surface area contributed by atoms with Crippen molar-refractivity contribution in [3.05, 3.63) is 0 Å². The molecule has 0 N–H and O–H groups in total. The van der Waals surface area contributed by atoms with Crippen molar-refractivity contribution >= 4 is 0 Å². The molecular weight excluding hydrogens is 185 g/mol. The van der Waals surface area contributed by atoms with Crippen molar-refractivity contribution in [1.29, 1.82) is 0 Å². The number of rotatable bonds is 4. The molecule has 0 rings (SSSR count). The summed E-state index contributed by atoms with van der Waals surface area (Å²) >= 11 is 0. The van der Waals surface area contributed by atoms with Crippen molar-refractivity contribution in [2.24, 2.45) is 0 Å². The predicted molar refractivity (Wildman–Crippen MR) is 50.4 cm³/mol. The van der Waals surface area contributed by atoms with Crippen LogP contribution in [0.2, 0.25) is 0 Å². The molecular formula is C10H24Zn. The largest absolute Gasteiger partial charge is 0.0654 e. The summed E-state index contributed by atoms with van der Waals surface area (Å²) in [6.07, 6.45) is 8.18. The summed E-state index contributed by atoms with van der Waals surface area (Å²) in [4.78, 5) is 0. The zero-order valence-corrected chi connectivity index (χ0v) is 11.9. The first-order valence-electron chi connectivity index (χ1n) is 4.83. The van der Waals surface area contributed by atoms with Crippen LogP contribution in [-0.4, -0.2) is 0 Å². The molecule has 0 saturated heterocycles. The molecule has 0 unspecified atom stereocenters. The van der Waals surface area contributed by atoms with Crippen molar-refractivity contribution in [2.45, 2.75) is 66.2 Å². The molecule has 0 amide bonds. The summed E-state index contributed by atoms with van der Waals surface area (Å²) in [6, 6.07) is 0. The summed E-state index contributed by atoms with van der Waals surface area (Å²) < 4.78 is 0. The van der Waals surface area contributed by atoms with Gasteiger partial charge in [0, 0.05) is 19.5 Å². The second-order valence-electron chi connectivity index (χ2n) is 2.71. The molecule has 0 aromatic heterocycles. The molecule has 0 nitrogen and oxygen atoms in total. The van der Waals surface area contributed by atoms with Gasteiger partial charge in [-0.2, -0.15) is 0 Å². The van der Waals surface area contributed by atoms with Gasteiger partial charge in [-0.3, -0.25) is 0 Å². The fourth-order valence-electron chi connectivity index (χ4n) is 0.500. The van der Waals surface area contributed by atoms with E-state index < -0.39 is 0 Å². The van der Waals surface area contributed by atoms with Gasteiger partial charge in [0.05, 0.1) is 0 Å². The Morgan fingerprint density at radius 1 is 0.545 bits per heavy atom. The molecule has 0 aromatic rings. The summed E-state index contributed by atoms with van der Waals surface area (Å²) in [6.45, 7) is 8.82. The Balaban J connectivity index is -0.000000114. The van der Waals surface area contributed by atoms with Crippen molar-refractivity contribution in [3.8, 4) is 0 Å². The molecule has 66 valence electrons. The third kappa shape index (κ3) is 37.0. The average molecular weight is 210 g/mol. The first-order chi connectivity index (χ1) is 4.83. The van der Waals surface area contributed by atoms with Gasteiger partial charge in [-0.25, -0.2) is 0 Å². The van der Waals surface area contributed by atoms with Crippen molar-refractivity contribution in [3.63, 3.8) is 0 Å². The summed E-state index contributed by atoms with van der Waals surface area (Å²) in [7, 11) is 0. The predicted octanol–water partition coefficient (Wildman–Crippen LogP) is 4.39. The minimum Gasteiger partial charge on any atom is -0.0654 e. The van der Waals surface area contributed by atoms with E-state index in [2.05, 4.69) is 27.7 Å². The molecule has 0 spiro atoms. The maximum atomic E-state index is 2.23. The van der Waals surface area contributed by atoms with E-state index >= 15 is 0 Å². The van der Waals surface area contributed by atoms with Gasteiger partial charge in [0.15, 0.2) is 0 Å². The first-order valence-corrected chi connectivity index (χ1v) is 4.83. The van der Waals surface area contributed by atoms with Gasteiger partial charge in [0.1, 0.15) is 0 Å². The maximum absolute atomic E-state index is 2.23. The van der Waals surface area contributed by atoms with Gasteiger partial charge in [-0.1, -0.05) is 66.2 Å². The van der Waals surface area contributed by atoms with Crippen LogP contribution in [0.4, 0.5) is 0 Å². The molecule has 0 saturated carbocycles. The standard InChI is InChI=1S/C6H14.C4H10.Zn/c1-3-5-6-4-2;1-3-4-2;/h3-6H2,1-2H3;3-4H2,1-2H3;. The van der Waals surface area contributed by atoms with Crippen LogP contribution in [0.5, 0.6) is 0 Å². The minimum atomic E-state index is 0. The number of hydrogen-bond acceptors (Lipinski definition) is 0. The quantitative estimate of drug-likeness (QED) is 0.476. The average Bonchev–Trinajstić information content (AvgIpc) is 2.01. The molecule has 0 aromatic carbocycles. The van der Waals surface area contributed by atoms with Gasteiger partial charge in [-0.15, -0.1) is 0 Å². The molecule has 0 bridgehead atoms. The van der Waals surface area contributed by atoms with Crippen LogP contribution >= 0.6 is 0 Å². The molecule has 0 aliphatic carbocycles. The summed E-state index contributed by atoms with van der Waals surface area (Å²) in [5.41, 5.74) is 0. The topological polar surface area (TPSA) is 0 Å². The smallest absolute Gasteiger partial charge is 0 e. The second kappa shape index (κ2) is 22.4. The van der Waals surface area contributed by atoms with Crippen LogP contribution in [0, 0.1) is 0 Å². The summed E-state index contributed by atoms with van der Waals surface area (Å²) in [5, 5.41) is 0. The Morgan fingerprint density at radius 3 is 0.909 bits per heavy atom. The molecule has 0 aliphatic rings. The summed E-state index contributed by atoms with van der Waals surface area (Å²) in [5.74, 6) is 0. The monoisotopic (exact) mass is 208 g/mol. The molecule has 0 aliphatic heterocycles. The van der Waals surface area contributed by atoms with Crippen molar-refractivity contribution < 1.29 is 19.5 Å². The molecule has 0 atom stereocenters. The molecule has 11 heavy (non-hydrogen) atoms. The third-order valence-electron chi connectivity index (χ3n) is 1.46. The molecule has 0 radical (unpaired) electrons. The first kappa shape index (κ1) is 17.6. The second-order valence-corrected chi connectivity index (χ2v) is 2.71. The van der Waals surface area contributed by atoms with E-state index in [1.54, 1.807) is 0 Å². The van der Waals surface area contributed by atoms with E-state index in [4.69, 9.17) is 0 Å². The van der Waals surface area contributed by atoms with E-state index in [1.807, 2.05) is 0 Å². The number of unbranched alkanes of at least 4 members (excludes halogenated alkanes) is 4. The Morgan fingerprint density at radius 2 is 0.818 bits per heavy atom. The van der Waals surface area contributed by atoms with Crippen LogP contribution in [0.3, 0.4) is 0 Å². The van der Waals surface area contributed by atoms with Gasteiger partial charge >= 0.3 is 0 Å². The van der Waals surface area contributed by atoms with Crippen LogP contribution < -0.4 is 0 Å². The van der Waals surface area contributed by atoms with Crippen LogP contribution in [0.25, 0.3) is 0 Å². The number of hydrogen-bond donors (Lipinski definition) is 0. The van der Waals surface area contributed by atoms with Gasteiger partial charge in [-0.05, 0) is 0 Å². The maximum Gasteiger partial charge on any atom is 0 e. The normalized spacial score (nSPS) is 7.64. The van der Waals surface area contributed by atoms with Crippen molar-refractivity contribution in [1.82, 2.24) is 0 Å². The van der Waals surface area contributed by atoms with Crippen LogP contribution in [0.15, 0.2) is 0 Å². The third-order valence-corrected chi connectivity index (χ3v) is 1.46. The Labute approximate surface area is 85.9 Å². The molecule has 0 heterocycles. The van der Waals surface area contributed by atoms with E-state index in [1.165, 1.54) is 38.5 Å². The fourth-order valence-corrected chi connectivity index (χ4v) is 0.500. The van der Waals surface area contributed by atoms with Gasteiger partial charge in [0.2, 0.25) is 0 Å². The van der Waals surface area contributed by atoms with Crippen LogP contribution in [0.1, 0.15) is 66.2 Å². The zero-order chi connectivity index (χ0) is 8.24. The van der Waals surface area contributed by atoms with Gasteiger partial charge < -0.3 is 0 Å². The Bertz CT molecular complexity index is 29.9. The molecule has 0 fully saturated rings. The fraction of sp³-hybridized carbons (Fsp3) is 1.00. The Hall–Kier alpha value is 0.623. The minimum absolute atomic E-state index is 0. The SMILES string of the molecule is CCCC.CCCCCC.[Zn]. The van der Waals surface area contributed by atoms with Crippen LogP contribution in [-0.2, 0) is 19.5 Å². The van der Waals surface area contributed by atoms with Crippen molar-refractivity contribution in [2.75, 3.05) is 0 Å². The Kier molecular flexibility index (Phi) is 36.0. The van der Waals surface area contributed by atoms with Gasteiger partial charge in [0.25, 0.3) is 0 Å².